The number of halogens is 1. The predicted octanol–water partition coefficient (Wildman–Crippen LogP) is 2.15. The number of para-hydroxylation sites is 2. The molecule has 1 fully saturated rings. The van der Waals surface area contributed by atoms with Crippen LogP contribution in [0, 0.1) is 0 Å². The number of benzene rings is 1. The lowest BCUT2D eigenvalue weighted by Crippen LogP contribution is -2.51. The van der Waals surface area contributed by atoms with E-state index in [1.807, 2.05) is 35.9 Å². The van der Waals surface area contributed by atoms with Crippen molar-refractivity contribution in [1.29, 1.82) is 0 Å². The maximum atomic E-state index is 11.8. The van der Waals surface area contributed by atoms with Crippen LogP contribution in [0.5, 0.6) is 0 Å². The molecule has 0 unspecified atom stereocenters. The molecule has 9 heteroatoms. The van der Waals surface area contributed by atoms with E-state index in [2.05, 4.69) is 20.2 Å². The number of urea groups is 1. The molecule has 1 aliphatic rings. The largest absolute Gasteiger partial charge is 0.341 e. The average Bonchev–Trinajstić information content (AvgIpc) is 3.04. The Morgan fingerprint density at radius 2 is 1.89 bits per heavy atom. The van der Waals surface area contributed by atoms with Crippen molar-refractivity contribution in [2.24, 2.45) is 7.05 Å². The molecule has 1 aromatic carbocycles. The zero-order valence-electron chi connectivity index (χ0n) is 15.2. The Morgan fingerprint density at radius 1 is 1.15 bits per heavy atom. The lowest BCUT2D eigenvalue weighted by Gasteiger charge is -2.34. The van der Waals surface area contributed by atoms with Crippen LogP contribution in [0.1, 0.15) is 0 Å². The molecule has 3 heterocycles. The zero-order chi connectivity index (χ0) is 19.0. The second-order valence-corrected chi connectivity index (χ2v) is 6.79. The van der Waals surface area contributed by atoms with Crippen LogP contribution in [0.25, 0.3) is 22.6 Å². The third-order valence-electron chi connectivity index (χ3n) is 4.79. The van der Waals surface area contributed by atoms with Crippen LogP contribution in [0.15, 0.2) is 30.5 Å². The highest BCUT2D eigenvalue weighted by Crippen LogP contribution is 2.29. The number of aromatic nitrogens is 4. The number of nitrogens with one attached hydrogen (secondary N) is 1. The summed E-state index contributed by atoms with van der Waals surface area (Å²) in [6, 6.07) is 7.85. The van der Waals surface area contributed by atoms with Crippen molar-refractivity contribution in [2.45, 2.75) is 0 Å². The van der Waals surface area contributed by atoms with Crippen LogP contribution < -0.4 is 10.2 Å². The molecule has 0 spiro atoms. The van der Waals surface area contributed by atoms with Gasteiger partial charge in [-0.25, -0.2) is 19.7 Å². The number of nitrogens with zero attached hydrogens (tertiary/aromatic N) is 6. The summed E-state index contributed by atoms with van der Waals surface area (Å²) in [5.74, 6) is 1.30. The lowest BCUT2D eigenvalue weighted by molar-refractivity contribution is 0.196. The van der Waals surface area contributed by atoms with E-state index in [-0.39, 0.29) is 6.03 Å². The van der Waals surface area contributed by atoms with Gasteiger partial charge in [-0.05, 0) is 12.1 Å². The molecule has 4 rings (SSSR count). The van der Waals surface area contributed by atoms with Crippen LogP contribution in [0.4, 0.5) is 10.7 Å². The van der Waals surface area contributed by atoms with E-state index in [4.69, 9.17) is 16.6 Å². The highest BCUT2D eigenvalue weighted by Gasteiger charge is 2.23. The first-order valence-corrected chi connectivity index (χ1v) is 9.12. The van der Waals surface area contributed by atoms with E-state index in [1.54, 1.807) is 18.1 Å². The van der Waals surface area contributed by atoms with Gasteiger partial charge in [0, 0.05) is 40.3 Å². The minimum atomic E-state index is -0.0629. The monoisotopic (exact) mass is 385 g/mol. The maximum absolute atomic E-state index is 11.8. The standard InChI is InChI=1S/C18H20ClN7O/c1-20-18(27)26-9-7-25(8-10-26)17-21-11-12(19)15(23-17)16-22-13-5-3-4-6-14(13)24(16)2/h3-6,11H,7-10H2,1-2H3,(H,20,27). The van der Waals surface area contributed by atoms with Crippen molar-refractivity contribution in [1.82, 2.24) is 29.7 Å². The van der Waals surface area contributed by atoms with Gasteiger partial charge in [-0.3, -0.25) is 0 Å². The smallest absolute Gasteiger partial charge is 0.317 e. The summed E-state index contributed by atoms with van der Waals surface area (Å²) in [6.45, 7) is 2.56. The number of imidazole rings is 1. The quantitative estimate of drug-likeness (QED) is 0.731. The van der Waals surface area contributed by atoms with Crippen LogP contribution in [-0.4, -0.2) is 63.7 Å². The van der Waals surface area contributed by atoms with Crippen LogP contribution in [0.3, 0.4) is 0 Å². The number of aryl methyl sites for hydroxylation is 1. The average molecular weight is 386 g/mol. The highest BCUT2D eigenvalue weighted by molar-refractivity contribution is 6.32. The van der Waals surface area contributed by atoms with Gasteiger partial charge in [-0.2, -0.15) is 0 Å². The van der Waals surface area contributed by atoms with Gasteiger partial charge < -0.3 is 19.7 Å². The number of rotatable bonds is 2. The molecule has 1 aliphatic heterocycles. The highest BCUT2D eigenvalue weighted by atomic mass is 35.5. The Balaban J connectivity index is 1.64. The molecule has 0 atom stereocenters. The molecule has 0 radical (unpaired) electrons. The van der Waals surface area contributed by atoms with Crippen molar-refractivity contribution < 1.29 is 4.79 Å². The Hall–Kier alpha value is -2.87. The summed E-state index contributed by atoms with van der Waals surface area (Å²) in [6.07, 6.45) is 1.61. The summed E-state index contributed by atoms with van der Waals surface area (Å²) in [4.78, 5) is 29.4. The summed E-state index contributed by atoms with van der Waals surface area (Å²) >= 11 is 6.39. The Morgan fingerprint density at radius 3 is 2.59 bits per heavy atom. The molecular weight excluding hydrogens is 366 g/mol. The zero-order valence-corrected chi connectivity index (χ0v) is 15.9. The van der Waals surface area contributed by atoms with E-state index in [0.29, 0.717) is 48.7 Å². The fraction of sp³-hybridized carbons (Fsp3) is 0.333. The van der Waals surface area contributed by atoms with E-state index < -0.39 is 0 Å². The van der Waals surface area contributed by atoms with Gasteiger partial charge in [0.25, 0.3) is 0 Å². The first kappa shape index (κ1) is 17.5. The summed E-state index contributed by atoms with van der Waals surface area (Å²) in [5.41, 5.74) is 2.52. The van der Waals surface area contributed by atoms with E-state index in [1.165, 1.54) is 0 Å². The molecule has 27 heavy (non-hydrogen) atoms. The molecule has 0 saturated carbocycles. The number of anilines is 1. The third-order valence-corrected chi connectivity index (χ3v) is 5.07. The van der Waals surface area contributed by atoms with Gasteiger partial charge in [0.1, 0.15) is 5.69 Å². The molecule has 2 aromatic heterocycles. The number of carbonyl (C=O) groups excluding carboxylic acids is 1. The van der Waals surface area contributed by atoms with Crippen molar-refractivity contribution in [3.63, 3.8) is 0 Å². The Labute approximate surface area is 161 Å². The van der Waals surface area contributed by atoms with Crippen LogP contribution in [-0.2, 0) is 7.05 Å². The Kier molecular flexibility index (Phi) is 4.57. The van der Waals surface area contributed by atoms with Crippen molar-refractivity contribution >= 4 is 34.6 Å². The second-order valence-electron chi connectivity index (χ2n) is 6.38. The lowest BCUT2D eigenvalue weighted by atomic mass is 10.3. The number of fused-ring (bicyclic) bond motifs is 1. The molecule has 3 aromatic rings. The van der Waals surface area contributed by atoms with Crippen molar-refractivity contribution in [2.75, 3.05) is 38.1 Å². The van der Waals surface area contributed by atoms with Gasteiger partial charge in [-0.15, -0.1) is 0 Å². The number of carbonyl (C=O) groups is 1. The van der Waals surface area contributed by atoms with Gasteiger partial charge in [-0.1, -0.05) is 23.7 Å². The SMILES string of the molecule is CNC(=O)N1CCN(c2ncc(Cl)c(-c3nc4ccccc4n3C)n2)CC1. The van der Waals surface area contributed by atoms with Gasteiger partial charge in [0.05, 0.1) is 22.3 Å². The number of hydrogen-bond donors (Lipinski definition) is 1. The maximum Gasteiger partial charge on any atom is 0.317 e. The predicted molar refractivity (Wildman–Crippen MR) is 105 cm³/mol. The molecular formula is C18H20ClN7O. The number of amides is 2. The first-order chi connectivity index (χ1) is 13.1. The van der Waals surface area contributed by atoms with Crippen molar-refractivity contribution in [3.8, 4) is 11.5 Å². The molecule has 1 saturated heterocycles. The molecule has 1 N–H and O–H groups in total. The van der Waals surface area contributed by atoms with E-state index in [0.717, 1.165) is 11.0 Å². The fourth-order valence-electron chi connectivity index (χ4n) is 3.29. The third kappa shape index (κ3) is 3.16. The molecule has 0 aliphatic carbocycles. The molecule has 0 bridgehead atoms. The fourth-order valence-corrected chi connectivity index (χ4v) is 3.47. The summed E-state index contributed by atoms with van der Waals surface area (Å²) in [5, 5.41) is 3.11. The van der Waals surface area contributed by atoms with Gasteiger partial charge in [0.2, 0.25) is 5.95 Å². The number of hydrogen-bond acceptors (Lipinski definition) is 5. The van der Waals surface area contributed by atoms with Crippen LogP contribution in [0.2, 0.25) is 5.02 Å². The normalized spacial score (nSPS) is 14.6. The summed E-state index contributed by atoms with van der Waals surface area (Å²) in [7, 11) is 3.59. The Bertz CT molecular complexity index is 995. The summed E-state index contributed by atoms with van der Waals surface area (Å²) < 4.78 is 1.98. The number of piperazine rings is 1. The second kappa shape index (κ2) is 7.03. The topological polar surface area (TPSA) is 79.2 Å². The minimum Gasteiger partial charge on any atom is -0.341 e. The van der Waals surface area contributed by atoms with Gasteiger partial charge >= 0.3 is 6.03 Å². The van der Waals surface area contributed by atoms with Gasteiger partial charge in [0.15, 0.2) is 5.82 Å². The minimum absolute atomic E-state index is 0.0629. The molecule has 140 valence electrons. The van der Waals surface area contributed by atoms with Crippen molar-refractivity contribution in [3.05, 3.63) is 35.5 Å². The first-order valence-electron chi connectivity index (χ1n) is 8.74. The van der Waals surface area contributed by atoms with Crippen LogP contribution >= 0.6 is 11.6 Å². The van der Waals surface area contributed by atoms with E-state index in [9.17, 15) is 4.79 Å². The molecule has 8 nitrogen and oxygen atoms in total. The molecule has 2 amide bonds. The van der Waals surface area contributed by atoms with E-state index >= 15 is 0 Å².